The summed E-state index contributed by atoms with van der Waals surface area (Å²) in [5.74, 6) is 2.01. The number of pyridine rings is 1. The Hall–Kier alpha value is -2.49. The second kappa shape index (κ2) is 6.59. The van der Waals surface area contributed by atoms with Crippen LogP contribution in [0.4, 0.5) is 5.82 Å². The standard InChI is InChI=1S/C19H16IN5O2/c20-12-4-5-16-14(8-12)19(26)23-17-3-1-2-15(22-17)18-24-21-10-25(18)13-6-11(7-13)9-27-16/h1-5,8,10-11,13H,6-7,9H2,(H,22,23,26). The molecule has 2 aromatic heterocycles. The van der Waals surface area contributed by atoms with Crippen molar-refractivity contribution in [3.05, 3.63) is 51.9 Å². The van der Waals surface area contributed by atoms with Crippen molar-refractivity contribution >= 4 is 34.3 Å². The van der Waals surface area contributed by atoms with E-state index in [0.29, 0.717) is 41.4 Å². The Morgan fingerprint density at radius 3 is 3.00 bits per heavy atom. The first kappa shape index (κ1) is 16.7. The molecule has 0 atom stereocenters. The highest BCUT2D eigenvalue weighted by atomic mass is 127. The molecule has 1 aromatic carbocycles. The monoisotopic (exact) mass is 473 g/mol. The summed E-state index contributed by atoms with van der Waals surface area (Å²) in [5.41, 5.74) is 1.22. The number of nitrogens with zero attached hydrogens (tertiary/aromatic N) is 4. The van der Waals surface area contributed by atoms with Gasteiger partial charge in [0.2, 0.25) is 0 Å². The number of nitrogens with one attached hydrogen (secondary N) is 1. The number of halogens is 1. The molecule has 0 spiro atoms. The number of hydrogen-bond acceptors (Lipinski definition) is 5. The molecule has 1 fully saturated rings. The van der Waals surface area contributed by atoms with E-state index in [1.54, 1.807) is 12.4 Å². The first-order valence-electron chi connectivity index (χ1n) is 8.78. The Morgan fingerprint density at radius 1 is 1.22 bits per heavy atom. The highest BCUT2D eigenvalue weighted by molar-refractivity contribution is 14.1. The van der Waals surface area contributed by atoms with Crippen molar-refractivity contribution in [3.8, 4) is 17.3 Å². The van der Waals surface area contributed by atoms with E-state index in [9.17, 15) is 4.79 Å². The molecule has 4 heterocycles. The van der Waals surface area contributed by atoms with Crippen LogP contribution in [0.5, 0.6) is 5.75 Å². The zero-order chi connectivity index (χ0) is 18.4. The molecule has 0 radical (unpaired) electrons. The predicted molar refractivity (Wildman–Crippen MR) is 108 cm³/mol. The van der Waals surface area contributed by atoms with Gasteiger partial charge in [-0.05, 0) is 71.7 Å². The van der Waals surface area contributed by atoms with Gasteiger partial charge in [0.15, 0.2) is 5.82 Å². The molecule has 3 aromatic rings. The van der Waals surface area contributed by atoms with Crippen molar-refractivity contribution in [2.45, 2.75) is 18.9 Å². The van der Waals surface area contributed by atoms with Crippen LogP contribution >= 0.6 is 22.6 Å². The van der Waals surface area contributed by atoms with Crippen molar-refractivity contribution in [3.63, 3.8) is 0 Å². The molecule has 6 rings (SSSR count). The summed E-state index contributed by atoms with van der Waals surface area (Å²) in [6.07, 6.45) is 3.75. The molecule has 1 amide bonds. The number of benzene rings is 1. The highest BCUT2D eigenvalue weighted by Gasteiger charge is 2.33. The molecule has 8 heteroatoms. The van der Waals surface area contributed by atoms with E-state index >= 15 is 0 Å². The molecular formula is C19H16IN5O2. The maximum Gasteiger partial charge on any atom is 0.260 e. The average Bonchev–Trinajstić information content (AvgIpc) is 3.10. The van der Waals surface area contributed by atoms with E-state index in [1.807, 2.05) is 30.3 Å². The van der Waals surface area contributed by atoms with Crippen LogP contribution < -0.4 is 10.1 Å². The van der Waals surface area contributed by atoms with E-state index in [4.69, 9.17) is 4.74 Å². The molecule has 1 aliphatic carbocycles. The fourth-order valence-corrected chi connectivity index (χ4v) is 4.07. The Bertz CT molecular complexity index is 1030. The van der Waals surface area contributed by atoms with E-state index in [-0.39, 0.29) is 5.91 Å². The first-order valence-corrected chi connectivity index (χ1v) is 9.86. The third-order valence-electron chi connectivity index (χ3n) is 5.06. The molecule has 136 valence electrons. The zero-order valence-corrected chi connectivity index (χ0v) is 16.5. The van der Waals surface area contributed by atoms with Gasteiger partial charge in [-0.25, -0.2) is 4.98 Å². The van der Waals surface area contributed by atoms with Gasteiger partial charge in [0.1, 0.15) is 23.6 Å². The fraction of sp³-hybridized carbons (Fsp3) is 0.263. The topological polar surface area (TPSA) is 81.9 Å². The second-order valence-electron chi connectivity index (χ2n) is 6.87. The summed E-state index contributed by atoms with van der Waals surface area (Å²) in [5, 5.41) is 11.2. The minimum Gasteiger partial charge on any atom is -0.492 e. The van der Waals surface area contributed by atoms with E-state index in [1.165, 1.54) is 0 Å². The summed E-state index contributed by atoms with van der Waals surface area (Å²) in [6.45, 7) is 0.596. The van der Waals surface area contributed by atoms with Crippen LogP contribution in [-0.2, 0) is 0 Å². The van der Waals surface area contributed by atoms with Crippen LogP contribution in [0, 0.1) is 9.49 Å². The maximum atomic E-state index is 12.9. The summed E-state index contributed by atoms with van der Waals surface area (Å²) >= 11 is 2.19. The van der Waals surface area contributed by atoms with E-state index < -0.39 is 0 Å². The molecule has 0 unspecified atom stereocenters. The van der Waals surface area contributed by atoms with Gasteiger partial charge in [-0.15, -0.1) is 10.2 Å². The Morgan fingerprint density at radius 2 is 2.11 bits per heavy atom. The van der Waals surface area contributed by atoms with Gasteiger partial charge in [-0.2, -0.15) is 0 Å². The van der Waals surface area contributed by atoms with E-state index in [2.05, 4.69) is 47.7 Å². The van der Waals surface area contributed by atoms with E-state index in [0.717, 1.165) is 22.2 Å². The second-order valence-corrected chi connectivity index (χ2v) is 8.11. The molecule has 3 aliphatic rings. The summed E-state index contributed by atoms with van der Waals surface area (Å²) in [7, 11) is 0. The van der Waals surface area contributed by atoms with Gasteiger partial charge in [-0.3, -0.25) is 4.79 Å². The molecule has 1 saturated carbocycles. The Balaban J connectivity index is 1.59. The molecule has 4 bridgehead atoms. The highest BCUT2D eigenvalue weighted by Crippen LogP contribution is 2.40. The van der Waals surface area contributed by atoms with Crippen molar-refractivity contribution in [2.24, 2.45) is 5.92 Å². The largest absolute Gasteiger partial charge is 0.492 e. The van der Waals surface area contributed by atoms with Crippen molar-refractivity contribution in [1.29, 1.82) is 0 Å². The van der Waals surface area contributed by atoms with Crippen molar-refractivity contribution in [2.75, 3.05) is 11.9 Å². The van der Waals surface area contributed by atoms with Crippen LogP contribution in [-0.4, -0.2) is 32.3 Å². The molecule has 1 N–H and O–H groups in total. The summed E-state index contributed by atoms with van der Waals surface area (Å²) < 4.78 is 9.06. The smallest absolute Gasteiger partial charge is 0.260 e. The van der Waals surface area contributed by atoms with Crippen molar-refractivity contribution < 1.29 is 9.53 Å². The average molecular weight is 473 g/mol. The molecule has 2 aliphatic heterocycles. The number of aromatic nitrogens is 4. The minimum atomic E-state index is -0.238. The van der Waals surface area contributed by atoms with Gasteiger partial charge in [0, 0.05) is 9.61 Å². The van der Waals surface area contributed by atoms with Gasteiger partial charge in [0.25, 0.3) is 5.91 Å². The number of ether oxygens (including phenoxy) is 1. The van der Waals surface area contributed by atoms with Crippen LogP contribution in [0.1, 0.15) is 29.2 Å². The fourth-order valence-electron chi connectivity index (χ4n) is 3.58. The number of rotatable bonds is 0. The number of carbonyl (C=O) groups is 1. The lowest BCUT2D eigenvalue weighted by Crippen LogP contribution is -2.31. The van der Waals surface area contributed by atoms with Crippen LogP contribution in [0.3, 0.4) is 0 Å². The summed E-state index contributed by atoms with van der Waals surface area (Å²) in [4.78, 5) is 17.4. The minimum absolute atomic E-state index is 0.238. The Kier molecular flexibility index (Phi) is 4.07. The number of amides is 1. The van der Waals surface area contributed by atoms with Gasteiger partial charge < -0.3 is 14.6 Å². The molecule has 27 heavy (non-hydrogen) atoms. The zero-order valence-electron chi connectivity index (χ0n) is 14.3. The lowest BCUT2D eigenvalue weighted by Gasteiger charge is -2.36. The van der Waals surface area contributed by atoms with Gasteiger partial charge in [-0.1, -0.05) is 6.07 Å². The van der Waals surface area contributed by atoms with Gasteiger partial charge in [0.05, 0.1) is 12.2 Å². The summed E-state index contributed by atoms with van der Waals surface area (Å²) in [6, 6.07) is 11.5. The molecule has 7 nitrogen and oxygen atoms in total. The molecular weight excluding hydrogens is 457 g/mol. The lowest BCUT2D eigenvalue weighted by molar-refractivity contribution is 0.101. The SMILES string of the molecule is O=C1Nc2cccc(n2)-c2nncn2C2CC(COc3ccc(I)cc31)C2. The third-order valence-corrected chi connectivity index (χ3v) is 5.73. The Labute approximate surface area is 169 Å². The third kappa shape index (κ3) is 3.07. The number of carbonyl (C=O) groups excluding carboxylic acids is 1. The van der Waals surface area contributed by atoms with Crippen molar-refractivity contribution in [1.82, 2.24) is 19.7 Å². The van der Waals surface area contributed by atoms with Crippen LogP contribution in [0.25, 0.3) is 11.5 Å². The van der Waals surface area contributed by atoms with Crippen LogP contribution in [0.15, 0.2) is 42.7 Å². The number of anilines is 1. The number of hydrogen-bond donors (Lipinski definition) is 1. The normalized spacial score (nSPS) is 21.0. The molecule has 0 saturated heterocycles. The van der Waals surface area contributed by atoms with Gasteiger partial charge >= 0.3 is 0 Å². The predicted octanol–water partition coefficient (Wildman–Crippen LogP) is 3.54. The number of fused-ring (bicyclic) bond motifs is 2. The maximum absolute atomic E-state index is 12.9. The van der Waals surface area contributed by atoms with Crippen LogP contribution in [0.2, 0.25) is 0 Å². The lowest BCUT2D eigenvalue weighted by atomic mass is 9.80. The first-order chi connectivity index (χ1) is 13.2. The quantitative estimate of drug-likeness (QED) is 0.506.